The highest BCUT2D eigenvalue weighted by Crippen LogP contribution is 2.24. The number of amides is 6. The highest BCUT2D eigenvalue weighted by Gasteiger charge is 2.23. The lowest BCUT2D eigenvalue weighted by Crippen LogP contribution is -2.45. The topological polar surface area (TPSA) is 116 Å². The summed E-state index contributed by atoms with van der Waals surface area (Å²) in [4.78, 5) is 47.0. The molecule has 0 unspecified atom stereocenters. The summed E-state index contributed by atoms with van der Waals surface area (Å²) in [5, 5.41) is 10.2. The minimum Gasteiger partial charge on any atom is -0.337 e. The molecule has 0 aromatic rings. The molecule has 0 atom stereocenters. The van der Waals surface area contributed by atoms with Crippen LogP contribution in [0.2, 0.25) is 0 Å². The molecule has 4 N–H and O–H groups in total. The van der Waals surface area contributed by atoms with Crippen LogP contribution < -0.4 is 21.3 Å². The van der Waals surface area contributed by atoms with Gasteiger partial charge in [-0.2, -0.15) is 0 Å². The standard InChI is InChI=1S/C18H30N4O4S2/c23-15(21-18(26)20-14-8-2-1-3-9-14)12-28-27-11-10-19-17(25)22-16(24)13-6-4-5-7-13/h13-14H,1-12H2,(H2,19,22,24,25)(H2,20,21,23,26). The molecule has 6 amide bonds. The number of carbonyl (C=O) groups excluding carboxylic acids is 4. The third-order valence-corrected chi connectivity index (χ3v) is 7.17. The minimum atomic E-state index is -0.473. The van der Waals surface area contributed by atoms with Gasteiger partial charge in [-0.1, -0.05) is 53.7 Å². The van der Waals surface area contributed by atoms with Crippen LogP contribution in [-0.2, 0) is 9.59 Å². The first-order valence-corrected chi connectivity index (χ1v) is 12.5. The monoisotopic (exact) mass is 430 g/mol. The number of hydrogen-bond donors (Lipinski definition) is 4. The Kier molecular flexibility index (Phi) is 10.6. The summed E-state index contributed by atoms with van der Waals surface area (Å²) < 4.78 is 0. The SMILES string of the molecule is O=C(CSSCCNC(=O)NC(=O)C1CCCC1)NC(=O)NC1CCCCC1. The van der Waals surface area contributed by atoms with E-state index in [-0.39, 0.29) is 29.5 Å². The second-order valence-electron chi connectivity index (χ2n) is 7.17. The molecule has 0 spiro atoms. The highest BCUT2D eigenvalue weighted by molar-refractivity contribution is 8.76. The van der Waals surface area contributed by atoms with Crippen molar-refractivity contribution in [1.29, 1.82) is 0 Å². The van der Waals surface area contributed by atoms with Crippen LogP contribution >= 0.6 is 21.6 Å². The maximum Gasteiger partial charge on any atom is 0.321 e. The van der Waals surface area contributed by atoms with E-state index in [9.17, 15) is 19.2 Å². The Hall–Kier alpha value is -1.42. The quantitative estimate of drug-likeness (QED) is 0.347. The summed E-state index contributed by atoms with van der Waals surface area (Å²) in [7, 11) is 2.75. The van der Waals surface area contributed by atoms with E-state index in [4.69, 9.17) is 0 Å². The van der Waals surface area contributed by atoms with Crippen LogP contribution in [0.25, 0.3) is 0 Å². The van der Waals surface area contributed by atoms with Crippen molar-refractivity contribution >= 4 is 45.5 Å². The molecule has 2 aliphatic carbocycles. The van der Waals surface area contributed by atoms with Crippen LogP contribution in [0.5, 0.6) is 0 Å². The summed E-state index contributed by atoms with van der Waals surface area (Å²) in [6, 6.07) is -0.728. The first-order valence-electron chi connectivity index (χ1n) is 9.98. The number of rotatable bonds is 8. The van der Waals surface area contributed by atoms with Crippen LogP contribution in [-0.4, -0.2) is 48.0 Å². The second-order valence-corrected chi connectivity index (χ2v) is 9.75. The average molecular weight is 431 g/mol. The van der Waals surface area contributed by atoms with Crippen molar-refractivity contribution in [2.75, 3.05) is 18.1 Å². The Morgan fingerprint density at radius 1 is 0.786 bits per heavy atom. The van der Waals surface area contributed by atoms with Gasteiger partial charge in [0.2, 0.25) is 11.8 Å². The van der Waals surface area contributed by atoms with Gasteiger partial charge in [0, 0.05) is 24.3 Å². The second kappa shape index (κ2) is 12.9. The molecule has 0 heterocycles. The molecule has 0 aliphatic heterocycles. The normalized spacial score (nSPS) is 17.7. The smallest absolute Gasteiger partial charge is 0.321 e. The fraction of sp³-hybridized carbons (Fsp3) is 0.778. The molecule has 28 heavy (non-hydrogen) atoms. The van der Waals surface area contributed by atoms with Gasteiger partial charge in [-0.05, 0) is 25.7 Å². The molecule has 158 valence electrons. The third-order valence-electron chi connectivity index (χ3n) is 4.90. The third kappa shape index (κ3) is 9.18. The van der Waals surface area contributed by atoms with Crippen LogP contribution in [0, 0.1) is 5.92 Å². The molecule has 2 saturated carbocycles. The molecule has 0 bridgehead atoms. The number of nitrogens with one attached hydrogen (secondary N) is 4. The Labute approximate surface area is 173 Å². The molecule has 10 heteroatoms. The van der Waals surface area contributed by atoms with E-state index in [1.54, 1.807) is 0 Å². The fourth-order valence-corrected chi connectivity index (χ4v) is 5.18. The Morgan fingerprint density at radius 3 is 2.18 bits per heavy atom. The van der Waals surface area contributed by atoms with Gasteiger partial charge < -0.3 is 10.6 Å². The Bertz CT molecular complexity index is 550. The molecule has 0 saturated heterocycles. The predicted octanol–water partition coefficient (Wildman–Crippen LogP) is 2.54. The lowest BCUT2D eigenvalue weighted by atomic mass is 9.96. The molecular formula is C18H30N4O4S2. The molecule has 2 aliphatic rings. The van der Waals surface area contributed by atoms with Gasteiger partial charge in [0.05, 0.1) is 5.75 Å². The minimum absolute atomic E-state index is 0.0375. The molecule has 2 rings (SSSR count). The van der Waals surface area contributed by atoms with Crippen molar-refractivity contribution in [2.24, 2.45) is 5.92 Å². The van der Waals surface area contributed by atoms with Crippen molar-refractivity contribution in [3.05, 3.63) is 0 Å². The van der Waals surface area contributed by atoms with Gasteiger partial charge in [0.25, 0.3) is 0 Å². The van der Waals surface area contributed by atoms with E-state index in [1.807, 2.05) is 0 Å². The lowest BCUT2D eigenvalue weighted by molar-refractivity contribution is -0.123. The summed E-state index contributed by atoms with van der Waals surface area (Å²) in [5.74, 6) is 0.190. The van der Waals surface area contributed by atoms with Crippen LogP contribution in [0.1, 0.15) is 57.8 Å². The number of imide groups is 2. The average Bonchev–Trinajstić information content (AvgIpc) is 3.20. The lowest BCUT2D eigenvalue weighted by Gasteiger charge is -2.22. The molecule has 0 aromatic heterocycles. The number of hydrogen-bond acceptors (Lipinski definition) is 6. The maximum atomic E-state index is 11.8. The highest BCUT2D eigenvalue weighted by atomic mass is 33.1. The maximum absolute atomic E-state index is 11.8. The van der Waals surface area contributed by atoms with E-state index in [2.05, 4.69) is 21.3 Å². The number of carbonyl (C=O) groups is 4. The zero-order valence-corrected chi connectivity index (χ0v) is 17.7. The zero-order valence-electron chi connectivity index (χ0n) is 16.1. The zero-order chi connectivity index (χ0) is 20.2. The van der Waals surface area contributed by atoms with E-state index in [1.165, 1.54) is 28.0 Å². The fourth-order valence-electron chi connectivity index (χ4n) is 3.44. The summed E-state index contributed by atoms with van der Waals surface area (Å²) in [6.07, 6.45) is 9.18. The Balaban J connectivity index is 1.44. The van der Waals surface area contributed by atoms with E-state index in [0.29, 0.717) is 12.3 Å². The van der Waals surface area contributed by atoms with E-state index in [0.717, 1.165) is 51.4 Å². The van der Waals surface area contributed by atoms with Gasteiger partial charge in [-0.3, -0.25) is 20.2 Å². The summed E-state index contributed by atoms with van der Waals surface area (Å²) in [6.45, 7) is 0.394. The van der Waals surface area contributed by atoms with Crippen molar-refractivity contribution in [1.82, 2.24) is 21.3 Å². The molecule has 8 nitrogen and oxygen atoms in total. The van der Waals surface area contributed by atoms with Gasteiger partial charge in [0.15, 0.2) is 0 Å². The first kappa shape index (κ1) is 22.9. The Morgan fingerprint density at radius 2 is 1.46 bits per heavy atom. The van der Waals surface area contributed by atoms with Gasteiger partial charge in [-0.15, -0.1) is 0 Å². The molecule has 0 aromatic carbocycles. The van der Waals surface area contributed by atoms with Crippen LogP contribution in [0.15, 0.2) is 0 Å². The van der Waals surface area contributed by atoms with Crippen molar-refractivity contribution in [3.8, 4) is 0 Å². The van der Waals surface area contributed by atoms with Crippen molar-refractivity contribution < 1.29 is 19.2 Å². The first-order chi connectivity index (χ1) is 13.5. The van der Waals surface area contributed by atoms with E-state index < -0.39 is 12.1 Å². The van der Waals surface area contributed by atoms with E-state index >= 15 is 0 Å². The van der Waals surface area contributed by atoms with Crippen molar-refractivity contribution in [3.63, 3.8) is 0 Å². The molecule has 0 radical (unpaired) electrons. The van der Waals surface area contributed by atoms with Gasteiger partial charge in [-0.25, -0.2) is 9.59 Å². The number of urea groups is 2. The molecular weight excluding hydrogens is 400 g/mol. The van der Waals surface area contributed by atoms with Gasteiger partial charge in [0.1, 0.15) is 0 Å². The largest absolute Gasteiger partial charge is 0.337 e. The summed E-state index contributed by atoms with van der Waals surface area (Å²) >= 11 is 0. The summed E-state index contributed by atoms with van der Waals surface area (Å²) in [5.41, 5.74) is 0. The van der Waals surface area contributed by atoms with Crippen molar-refractivity contribution in [2.45, 2.75) is 63.8 Å². The van der Waals surface area contributed by atoms with Crippen LogP contribution in [0.3, 0.4) is 0 Å². The molecule has 2 fully saturated rings. The van der Waals surface area contributed by atoms with Crippen LogP contribution in [0.4, 0.5) is 9.59 Å². The predicted molar refractivity (Wildman–Crippen MR) is 112 cm³/mol. The van der Waals surface area contributed by atoms with Gasteiger partial charge >= 0.3 is 12.1 Å².